The summed E-state index contributed by atoms with van der Waals surface area (Å²) in [6.45, 7) is 0. The lowest BCUT2D eigenvalue weighted by molar-refractivity contribution is -0.105. The molecule has 2 aliphatic rings. The van der Waals surface area contributed by atoms with Crippen molar-refractivity contribution in [3.05, 3.63) is 40.7 Å². The average molecular weight is 227 g/mol. The third-order valence-corrected chi connectivity index (χ3v) is 3.20. The Morgan fingerprint density at radius 2 is 2.18 bits per heavy atom. The minimum atomic E-state index is 0.671. The molecule has 0 fully saturated rings. The molecule has 0 aromatic heterocycles. The second-order valence-corrected chi connectivity index (χ2v) is 4.39. The first kappa shape index (κ1) is 10.1. The minimum Gasteiger partial charge on any atom is -0.456 e. The van der Waals surface area contributed by atoms with E-state index in [0.717, 1.165) is 53.8 Å². The Morgan fingerprint density at radius 1 is 1.29 bits per heavy atom. The molecule has 86 valence electrons. The Balaban J connectivity index is 2.15. The molecule has 0 unspecified atom stereocenters. The molecule has 17 heavy (non-hydrogen) atoms. The van der Waals surface area contributed by atoms with E-state index in [9.17, 15) is 4.79 Å². The lowest BCUT2D eigenvalue weighted by Crippen LogP contribution is -2.13. The number of carbonyl (C=O) groups is 1. The monoisotopic (exact) mass is 227 g/mol. The van der Waals surface area contributed by atoms with E-state index in [4.69, 9.17) is 10.5 Å². The number of rotatable bonds is 1. The minimum absolute atomic E-state index is 0.671. The van der Waals surface area contributed by atoms with Crippen LogP contribution in [0.4, 0.5) is 5.69 Å². The van der Waals surface area contributed by atoms with Gasteiger partial charge in [-0.3, -0.25) is 4.79 Å². The number of nitrogen functional groups attached to an aromatic ring is 1. The molecule has 1 aromatic rings. The molecule has 0 spiro atoms. The number of nitrogens with two attached hydrogens (primary N) is 1. The van der Waals surface area contributed by atoms with Gasteiger partial charge in [-0.1, -0.05) is 0 Å². The Labute approximate surface area is 99.6 Å². The molecule has 0 bridgehead atoms. The van der Waals surface area contributed by atoms with Crippen molar-refractivity contribution >= 4 is 18.0 Å². The second kappa shape index (κ2) is 3.77. The van der Waals surface area contributed by atoms with E-state index in [-0.39, 0.29) is 0 Å². The first-order valence-electron chi connectivity index (χ1n) is 5.74. The topological polar surface area (TPSA) is 52.3 Å². The van der Waals surface area contributed by atoms with Gasteiger partial charge in [0.2, 0.25) is 0 Å². The molecule has 3 heteroatoms. The number of fused-ring (bicyclic) bond motifs is 2. The maximum Gasteiger partial charge on any atom is 0.149 e. The van der Waals surface area contributed by atoms with Crippen molar-refractivity contribution in [2.45, 2.75) is 19.3 Å². The molecule has 1 aromatic carbocycles. The Morgan fingerprint density at radius 3 is 3.00 bits per heavy atom. The molecule has 0 radical (unpaired) electrons. The van der Waals surface area contributed by atoms with Crippen molar-refractivity contribution < 1.29 is 9.53 Å². The molecule has 2 N–H and O–H groups in total. The molecule has 1 heterocycles. The standard InChI is InChI=1S/C14H13NO2/c15-12-5-4-9-6-10-2-1-3-11(8-16)14(10)17-13(9)7-12/h4-8H,1-3,15H2. The van der Waals surface area contributed by atoms with Gasteiger partial charge in [0.25, 0.3) is 0 Å². The maximum absolute atomic E-state index is 11.0. The van der Waals surface area contributed by atoms with E-state index < -0.39 is 0 Å². The highest BCUT2D eigenvalue weighted by atomic mass is 16.5. The molecule has 0 saturated carbocycles. The van der Waals surface area contributed by atoms with Gasteiger partial charge in [0, 0.05) is 22.9 Å². The van der Waals surface area contributed by atoms with Crippen LogP contribution in [-0.2, 0) is 4.79 Å². The number of allylic oxidation sites excluding steroid dienone is 2. The SMILES string of the molecule is Nc1ccc2c(c1)OC1=C(C=O)CCCC1=C2. The Kier molecular flexibility index (Phi) is 2.25. The first-order valence-corrected chi connectivity index (χ1v) is 5.74. The Bertz CT molecular complexity index is 555. The van der Waals surface area contributed by atoms with Crippen LogP contribution in [0.5, 0.6) is 5.75 Å². The lowest BCUT2D eigenvalue weighted by atomic mass is 9.91. The molecule has 0 amide bonds. The van der Waals surface area contributed by atoms with E-state index in [1.165, 1.54) is 0 Å². The third kappa shape index (κ3) is 1.64. The predicted molar refractivity (Wildman–Crippen MR) is 66.4 cm³/mol. The predicted octanol–water partition coefficient (Wildman–Crippen LogP) is 2.68. The fourth-order valence-electron chi connectivity index (χ4n) is 2.34. The lowest BCUT2D eigenvalue weighted by Gasteiger charge is -2.25. The second-order valence-electron chi connectivity index (χ2n) is 4.39. The largest absolute Gasteiger partial charge is 0.456 e. The van der Waals surface area contributed by atoms with Crippen LogP contribution < -0.4 is 10.5 Å². The maximum atomic E-state index is 11.0. The van der Waals surface area contributed by atoms with Gasteiger partial charge in [0.15, 0.2) is 0 Å². The molecule has 3 rings (SSSR count). The third-order valence-electron chi connectivity index (χ3n) is 3.20. The van der Waals surface area contributed by atoms with Gasteiger partial charge < -0.3 is 10.5 Å². The number of ether oxygens (including phenoxy) is 1. The quantitative estimate of drug-likeness (QED) is 0.592. The number of carbonyl (C=O) groups excluding carboxylic acids is 1. The van der Waals surface area contributed by atoms with Crippen LogP contribution in [0.15, 0.2) is 35.1 Å². The van der Waals surface area contributed by atoms with Crippen LogP contribution in [-0.4, -0.2) is 6.29 Å². The fraction of sp³-hybridized carbons (Fsp3) is 0.214. The fourth-order valence-corrected chi connectivity index (χ4v) is 2.34. The molecule has 0 atom stereocenters. The van der Waals surface area contributed by atoms with Crippen LogP contribution in [0.1, 0.15) is 24.8 Å². The average Bonchev–Trinajstić information content (AvgIpc) is 2.35. The van der Waals surface area contributed by atoms with Crippen LogP contribution in [0.2, 0.25) is 0 Å². The van der Waals surface area contributed by atoms with Gasteiger partial charge in [0.1, 0.15) is 17.8 Å². The smallest absolute Gasteiger partial charge is 0.149 e. The van der Waals surface area contributed by atoms with Crippen LogP contribution in [0.3, 0.4) is 0 Å². The van der Waals surface area contributed by atoms with Gasteiger partial charge in [0.05, 0.1) is 0 Å². The van der Waals surface area contributed by atoms with Crippen molar-refractivity contribution in [3.63, 3.8) is 0 Å². The number of anilines is 1. The van der Waals surface area contributed by atoms with E-state index in [0.29, 0.717) is 5.69 Å². The van der Waals surface area contributed by atoms with E-state index >= 15 is 0 Å². The van der Waals surface area contributed by atoms with Crippen molar-refractivity contribution in [1.82, 2.24) is 0 Å². The summed E-state index contributed by atoms with van der Waals surface area (Å²) in [5, 5.41) is 0. The molecule has 0 saturated heterocycles. The molecular formula is C14H13NO2. The summed E-state index contributed by atoms with van der Waals surface area (Å²) in [6.07, 6.45) is 5.78. The number of benzene rings is 1. The van der Waals surface area contributed by atoms with Crippen LogP contribution >= 0.6 is 0 Å². The van der Waals surface area contributed by atoms with E-state index in [1.807, 2.05) is 12.1 Å². The van der Waals surface area contributed by atoms with Gasteiger partial charge in [-0.25, -0.2) is 0 Å². The summed E-state index contributed by atoms with van der Waals surface area (Å²) in [6, 6.07) is 5.60. The molecule has 1 aliphatic carbocycles. The Hall–Kier alpha value is -2.03. The highest BCUT2D eigenvalue weighted by Gasteiger charge is 2.23. The molecule has 1 aliphatic heterocycles. The normalized spacial score (nSPS) is 17.8. The van der Waals surface area contributed by atoms with Crippen molar-refractivity contribution in [2.75, 3.05) is 5.73 Å². The summed E-state index contributed by atoms with van der Waals surface area (Å²) in [5.41, 5.74) is 9.31. The number of hydrogen-bond donors (Lipinski definition) is 1. The van der Waals surface area contributed by atoms with Gasteiger partial charge >= 0.3 is 0 Å². The zero-order valence-electron chi connectivity index (χ0n) is 9.40. The van der Waals surface area contributed by atoms with Crippen LogP contribution in [0, 0.1) is 0 Å². The zero-order valence-corrected chi connectivity index (χ0v) is 9.40. The zero-order chi connectivity index (χ0) is 11.8. The van der Waals surface area contributed by atoms with Crippen LogP contribution in [0.25, 0.3) is 6.08 Å². The number of aldehydes is 1. The van der Waals surface area contributed by atoms with Crippen molar-refractivity contribution in [1.29, 1.82) is 0 Å². The highest BCUT2D eigenvalue weighted by molar-refractivity contribution is 5.80. The summed E-state index contributed by atoms with van der Waals surface area (Å²) in [7, 11) is 0. The summed E-state index contributed by atoms with van der Waals surface area (Å²) < 4.78 is 5.82. The van der Waals surface area contributed by atoms with Crippen molar-refractivity contribution in [3.8, 4) is 5.75 Å². The summed E-state index contributed by atoms with van der Waals surface area (Å²) in [4.78, 5) is 11.0. The van der Waals surface area contributed by atoms with E-state index in [2.05, 4.69) is 6.08 Å². The summed E-state index contributed by atoms with van der Waals surface area (Å²) in [5.74, 6) is 1.48. The summed E-state index contributed by atoms with van der Waals surface area (Å²) >= 11 is 0. The van der Waals surface area contributed by atoms with Gasteiger partial charge in [-0.05, 0) is 43.0 Å². The first-order chi connectivity index (χ1) is 8.28. The van der Waals surface area contributed by atoms with Crippen molar-refractivity contribution in [2.24, 2.45) is 0 Å². The molecular weight excluding hydrogens is 214 g/mol. The highest BCUT2D eigenvalue weighted by Crippen LogP contribution is 2.39. The van der Waals surface area contributed by atoms with Gasteiger partial charge in [-0.15, -0.1) is 0 Å². The molecule has 3 nitrogen and oxygen atoms in total. The van der Waals surface area contributed by atoms with E-state index in [1.54, 1.807) is 6.07 Å². The number of hydrogen-bond acceptors (Lipinski definition) is 3. The van der Waals surface area contributed by atoms with Gasteiger partial charge in [-0.2, -0.15) is 0 Å².